The number of hydrogen-bond acceptors (Lipinski definition) is 2. The van der Waals surface area contributed by atoms with Gasteiger partial charge in [-0.3, -0.25) is 9.59 Å². The van der Waals surface area contributed by atoms with Gasteiger partial charge in [0.2, 0.25) is 11.8 Å². The second-order valence-electron chi connectivity index (χ2n) is 7.41. The van der Waals surface area contributed by atoms with E-state index in [0.717, 1.165) is 19.3 Å². The van der Waals surface area contributed by atoms with E-state index in [2.05, 4.69) is 19.2 Å². The molecule has 2 aliphatic rings. The molecule has 0 aromatic carbocycles. The molecule has 1 N–H and O–H groups in total. The molecule has 2 amide bonds. The van der Waals surface area contributed by atoms with E-state index >= 15 is 0 Å². The zero-order chi connectivity index (χ0) is 15.1. The maximum atomic E-state index is 12.7. The highest BCUT2D eigenvalue weighted by atomic mass is 16.2. The second-order valence-corrected chi connectivity index (χ2v) is 7.41. The maximum absolute atomic E-state index is 12.7. The Morgan fingerprint density at radius 1 is 1.25 bits per heavy atom. The summed E-state index contributed by atoms with van der Waals surface area (Å²) in [7, 11) is 0. The zero-order valence-corrected chi connectivity index (χ0v) is 13.4. The molecule has 1 saturated heterocycles. The minimum atomic E-state index is -0.393. The first-order valence-electron chi connectivity index (χ1n) is 7.88. The van der Waals surface area contributed by atoms with Gasteiger partial charge in [0.15, 0.2) is 0 Å². The van der Waals surface area contributed by atoms with Gasteiger partial charge < -0.3 is 10.2 Å². The van der Waals surface area contributed by atoms with E-state index in [9.17, 15) is 9.59 Å². The van der Waals surface area contributed by atoms with Crippen LogP contribution in [0, 0.1) is 11.3 Å². The summed E-state index contributed by atoms with van der Waals surface area (Å²) in [4.78, 5) is 27.0. The van der Waals surface area contributed by atoms with E-state index in [-0.39, 0.29) is 35.2 Å². The van der Waals surface area contributed by atoms with E-state index in [4.69, 9.17) is 0 Å². The molecule has 1 aliphatic carbocycles. The fourth-order valence-electron chi connectivity index (χ4n) is 3.81. The van der Waals surface area contributed by atoms with E-state index < -0.39 is 6.04 Å². The van der Waals surface area contributed by atoms with E-state index in [1.165, 1.54) is 6.42 Å². The van der Waals surface area contributed by atoms with Gasteiger partial charge in [-0.05, 0) is 31.1 Å². The molecule has 2 rings (SSSR count). The Hall–Kier alpha value is -1.06. The first-order valence-corrected chi connectivity index (χ1v) is 7.88. The molecule has 0 spiro atoms. The molecule has 4 nitrogen and oxygen atoms in total. The van der Waals surface area contributed by atoms with Gasteiger partial charge in [0.05, 0.1) is 0 Å². The number of hydrogen-bond donors (Lipinski definition) is 1. The van der Waals surface area contributed by atoms with Crippen molar-refractivity contribution in [2.45, 2.75) is 78.4 Å². The molecule has 20 heavy (non-hydrogen) atoms. The summed E-state index contributed by atoms with van der Waals surface area (Å²) in [6.07, 6.45) is 4.52. The Morgan fingerprint density at radius 2 is 1.90 bits per heavy atom. The highest BCUT2D eigenvalue weighted by Gasteiger charge is 2.48. The van der Waals surface area contributed by atoms with Crippen molar-refractivity contribution in [2.75, 3.05) is 0 Å². The van der Waals surface area contributed by atoms with Crippen LogP contribution < -0.4 is 5.32 Å². The number of nitrogens with zero attached hydrogens (tertiary/aromatic N) is 1. The van der Waals surface area contributed by atoms with Crippen LogP contribution in [0.3, 0.4) is 0 Å². The predicted octanol–water partition coefficient (Wildman–Crippen LogP) is 2.33. The van der Waals surface area contributed by atoms with Crippen LogP contribution in [0.4, 0.5) is 0 Å². The molecule has 4 heteroatoms. The topological polar surface area (TPSA) is 49.4 Å². The quantitative estimate of drug-likeness (QED) is 0.844. The number of amides is 2. The molecule has 3 unspecified atom stereocenters. The van der Waals surface area contributed by atoms with Crippen LogP contribution in [-0.2, 0) is 9.59 Å². The molecule has 0 radical (unpaired) electrons. The highest BCUT2D eigenvalue weighted by molar-refractivity contribution is 5.97. The van der Waals surface area contributed by atoms with Crippen molar-refractivity contribution < 1.29 is 9.59 Å². The Morgan fingerprint density at radius 3 is 2.45 bits per heavy atom. The van der Waals surface area contributed by atoms with Gasteiger partial charge in [-0.15, -0.1) is 0 Å². The lowest BCUT2D eigenvalue weighted by Crippen LogP contribution is -2.68. The molecular formula is C16H28N2O2. The van der Waals surface area contributed by atoms with Gasteiger partial charge in [0.1, 0.15) is 12.1 Å². The van der Waals surface area contributed by atoms with Crippen molar-refractivity contribution in [2.24, 2.45) is 11.3 Å². The van der Waals surface area contributed by atoms with E-state index in [1.807, 2.05) is 18.7 Å². The first kappa shape index (κ1) is 15.3. The number of carbonyl (C=O) groups is 2. The maximum Gasteiger partial charge on any atom is 0.245 e. The van der Waals surface area contributed by atoms with Crippen molar-refractivity contribution in [3.8, 4) is 0 Å². The number of rotatable bonds is 2. The van der Waals surface area contributed by atoms with E-state index in [1.54, 1.807) is 6.92 Å². The minimum absolute atomic E-state index is 0.00785. The third-order valence-corrected chi connectivity index (χ3v) is 4.97. The number of carbonyl (C=O) groups excluding carboxylic acids is 2. The fourth-order valence-corrected chi connectivity index (χ4v) is 3.81. The summed E-state index contributed by atoms with van der Waals surface area (Å²) in [5, 5.41) is 2.83. The van der Waals surface area contributed by atoms with Crippen molar-refractivity contribution in [3.05, 3.63) is 0 Å². The van der Waals surface area contributed by atoms with Crippen molar-refractivity contribution in [3.63, 3.8) is 0 Å². The predicted molar refractivity (Wildman–Crippen MR) is 79.1 cm³/mol. The van der Waals surface area contributed by atoms with Crippen LogP contribution in [-0.4, -0.2) is 34.8 Å². The van der Waals surface area contributed by atoms with Gasteiger partial charge in [-0.25, -0.2) is 0 Å². The van der Waals surface area contributed by atoms with Gasteiger partial charge in [-0.1, -0.05) is 40.5 Å². The van der Waals surface area contributed by atoms with Crippen LogP contribution in [0.15, 0.2) is 0 Å². The molecule has 0 aromatic rings. The second kappa shape index (κ2) is 5.38. The molecular weight excluding hydrogens is 252 g/mol. The summed E-state index contributed by atoms with van der Waals surface area (Å²) >= 11 is 0. The van der Waals surface area contributed by atoms with Gasteiger partial charge in [-0.2, -0.15) is 0 Å². The normalized spacial score (nSPS) is 34.3. The molecule has 1 heterocycles. The zero-order valence-electron chi connectivity index (χ0n) is 13.4. The van der Waals surface area contributed by atoms with Crippen LogP contribution in [0.1, 0.15) is 60.3 Å². The lowest BCUT2D eigenvalue weighted by molar-refractivity contribution is -0.158. The highest BCUT2D eigenvalue weighted by Crippen LogP contribution is 2.41. The monoisotopic (exact) mass is 280 g/mol. The Kier molecular flexibility index (Phi) is 4.12. The minimum Gasteiger partial charge on any atom is -0.343 e. The van der Waals surface area contributed by atoms with Crippen LogP contribution >= 0.6 is 0 Å². The third-order valence-electron chi connectivity index (χ3n) is 4.97. The molecule has 3 atom stereocenters. The smallest absolute Gasteiger partial charge is 0.245 e. The largest absolute Gasteiger partial charge is 0.343 e. The molecule has 0 bridgehead atoms. The Bertz CT molecular complexity index is 403. The summed E-state index contributed by atoms with van der Waals surface area (Å²) in [5.41, 5.74) is 0.0956. The molecule has 0 aromatic heterocycles. The molecule has 2 fully saturated rings. The third kappa shape index (κ3) is 2.57. The van der Waals surface area contributed by atoms with Crippen molar-refractivity contribution >= 4 is 11.8 Å². The van der Waals surface area contributed by atoms with Crippen LogP contribution in [0.2, 0.25) is 0 Å². The van der Waals surface area contributed by atoms with Crippen LogP contribution in [0.5, 0.6) is 0 Å². The lowest BCUT2D eigenvalue weighted by Gasteiger charge is -2.51. The summed E-state index contributed by atoms with van der Waals surface area (Å²) in [6, 6.07) is -0.527. The summed E-state index contributed by atoms with van der Waals surface area (Å²) in [6.45, 7) is 10.3. The average Bonchev–Trinajstić information content (AvgIpc) is 2.33. The molecule has 114 valence electrons. The lowest BCUT2D eigenvalue weighted by atomic mass is 9.71. The summed E-state index contributed by atoms with van der Waals surface area (Å²) in [5.74, 6) is 0.237. The standard InChI is InChI=1S/C16H28N2O2/c1-10(2)13-14(19)17-11(3)15(20)18(13)12-8-6-7-9-16(12,4)5/h10-13H,6-9H2,1-5H3,(H,17,19). The van der Waals surface area contributed by atoms with Gasteiger partial charge in [0, 0.05) is 6.04 Å². The molecule has 1 aliphatic heterocycles. The SMILES string of the molecule is CC1NC(=O)C(C(C)C)N(C2CCCCC2(C)C)C1=O. The van der Waals surface area contributed by atoms with E-state index in [0.29, 0.717) is 0 Å². The van der Waals surface area contributed by atoms with Gasteiger partial charge >= 0.3 is 0 Å². The average molecular weight is 280 g/mol. The van der Waals surface area contributed by atoms with Gasteiger partial charge in [0.25, 0.3) is 0 Å². The Balaban J connectivity index is 2.36. The van der Waals surface area contributed by atoms with Crippen molar-refractivity contribution in [1.82, 2.24) is 10.2 Å². The van der Waals surface area contributed by atoms with Crippen molar-refractivity contribution in [1.29, 1.82) is 0 Å². The summed E-state index contributed by atoms with van der Waals surface area (Å²) < 4.78 is 0. The molecule has 1 saturated carbocycles. The fraction of sp³-hybridized carbons (Fsp3) is 0.875. The van der Waals surface area contributed by atoms with Crippen LogP contribution in [0.25, 0.3) is 0 Å². The Labute approximate surface area is 122 Å². The number of piperazine rings is 1. The first-order chi connectivity index (χ1) is 9.25. The number of nitrogens with one attached hydrogen (secondary N) is 1.